The van der Waals surface area contributed by atoms with E-state index in [4.69, 9.17) is 23.2 Å². The fourth-order valence-electron chi connectivity index (χ4n) is 0.639. The van der Waals surface area contributed by atoms with Gasteiger partial charge in [0.1, 0.15) is 5.15 Å². The SMILES string of the molecule is CC(=Cc1sc(Cl)nc1Cl)CBr. The van der Waals surface area contributed by atoms with E-state index in [1.807, 2.05) is 13.0 Å². The Labute approximate surface area is 93.5 Å². The molecule has 0 bridgehead atoms. The lowest BCUT2D eigenvalue weighted by Gasteiger charge is -1.90. The van der Waals surface area contributed by atoms with Crippen LogP contribution in [0.3, 0.4) is 0 Å². The van der Waals surface area contributed by atoms with E-state index >= 15 is 0 Å². The molecule has 1 aromatic rings. The quantitative estimate of drug-likeness (QED) is 0.741. The van der Waals surface area contributed by atoms with Crippen molar-refractivity contribution < 1.29 is 0 Å². The Morgan fingerprint density at radius 3 is 2.75 bits per heavy atom. The van der Waals surface area contributed by atoms with Gasteiger partial charge in [0, 0.05) is 5.33 Å². The molecular formula is C7H6BrCl2NS. The minimum absolute atomic E-state index is 0.477. The van der Waals surface area contributed by atoms with Gasteiger partial charge in [-0.1, -0.05) is 44.7 Å². The van der Waals surface area contributed by atoms with Crippen LogP contribution in [-0.2, 0) is 0 Å². The van der Waals surface area contributed by atoms with Crippen LogP contribution in [0.1, 0.15) is 11.8 Å². The highest BCUT2D eigenvalue weighted by atomic mass is 79.9. The Hall–Kier alpha value is 0.430. The van der Waals surface area contributed by atoms with Crippen molar-refractivity contribution in [1.29, 1.82) is 0 Å². The van der Waals surface area contributed by atoms with Crippen molar-refractivity contribution in [3.63, 3.8) is 0 Å². The number of rotatable bonds is 2. The molecule has 0 spiro atoms. The molecule has 1 nitrogen and oxygen atoms in total. The van der Waals surface area contributed by atoms with Crippen molar-refractivity contribution in [2.75, 3.05) is 5.33 Å². The fraction of sp³-hybridized carbons (Fsp3) is 0.286. The molecule has 0 amide bonds. The Kier molecular flexibility index (Phi) is 4.03. The zero-order valence-corrected chi connectivity index (χ0v) is 10.2. The average molecular weight is 287 g/mol. The third kappa shape index (κ3) is 2.73. The van der Waals surface area contributed by atoms with Crippen molar-refractivity contribution in [3.05, 3.63) is 20.1 Å². The summed E-state index contributed by atoms with van der Waals surface area (Å²) in [6.07, 6.45) is 1.97. The van der Waals surface area contributed by atoms with E-state index in [1.54, 1.807) is 0 Å². The molecule has 66 valence electrons. The molecule has 0 aromatic carbocycles. The van der Waals surface area contributed by atoms with Crippen LogP contribution in [0.25, 0.3) is 6.08 Å². The minimum Gasteiger partial charge on any atom is -0.212 e. The van der Waals surface area contributed by atoms with E-state index in [1.165, 1.54) is 16.9 Å². The van der Waals surface area contributed by atoms with Crippen LogP contribution in [0.2, 0.25) is 9.62 Å². The first-order valence-corrected chi connectivity index (χ1v) is 5.88. The van der Waals surface area contributed by atoms with Crippen molar-refractivity contribution >= 4 is 56.5 Å². The number of aromatic nitrogens is 1. The topological polar surface area (TPSA) is 12.9 Å². The molecule has 1 aromatic heterocycles. The van der Waals surface area contributed by atoms with Gasteiger partial charge in [-0.15, -0.1) is 11.3 Å². The highest BCUT2D eigenvalue weighted by molar-refractivity contribution is 9.09. The van der Waals surface area contributed by atoms with Gasteiger partial charge >= 0.3 is 0 Å². The number of hydrogen-bond donors (Lipinski definition) is 0. The zero-order chi connectivity index (χ0) is 9.14. The maximum Gasteiger partial charge on any atom is 0.185 e. The number of nitrogens with zero attached hydrogens (tertiary/aromatic N) is 1. The number of hydrogen-bond acceptors (Lipinski definition) is 2. The summed E-state index contributed by atoms with van der Waals surface area (Å²) in [5.41, 5.74) is 1.19. The van der Waals surface area contributed by atoms with E-state index in [0.29, 0.717) is 9.62 Å². The van der Waals surface area contributed by atoms with Crippen LogP contribution in [0.4, 0.5) is 0 Å². The molecule has 1 heterocycles. The van der Waals surface area contributed by atoms with Gasteiger partial charge < -0.3 is 0 Å². The molecule has 0 aliphatic carbocycles. The van der Waals surface area contributed by atoms with Gasteiger partial charge in [-0.05, 0) is 13.0 Å². The Morgan fingerprint density at radius 2 is 2.33 bits per heavy atom. The molecule has 0 aliphatic rings. The summed E-state index contributed by atoms with van der Waals surface area (Å²) in [4.78, 5) is 4.80. The van der Waals surface area contributed by atoms with Crippen LogP contribution in [0.5, 0.6) is 0 Å². The van der Waals surface area contributed by atoms with Crippen LogP contribution < -0.4 is 0 Å². The molecule has 0 radical (unpaired) electrons. The lowest BCUT2D eigenvalue weighted by Crippen LogP contribution is -1.74. The van der Waals surface area contributed by atoms with Crippen LogP contribution in [0, 0.1) is 0 Å². The highest BCUT2D eigenvalue weighted by Gasteiger charge is 2.04. The number of allylic oxidation sites excluding steroid dienone is 1. The van der Waals surface area contributed by atoms with Gasteiger partial charge in [0.2, 0.25) is 0 Å². The van der Waals surface area contributed by atoms with E-state index in [2.05, 4.69) is 20.9 Å². The first-order chi connectivity index (χ1) is 5.63. The Morgan fingerprint density at radius 1 is 1.67 bits per heavy atom. The highest BCUT2D eigenvalue weighted by Crippen LogP contribution is 2.28. The van der Waals surface area contributed by atoms with E-state index in [-0.39, 0.29) is 0 Å². The van der Waals surface area contributed by atoms with Crippen molar-refractivity contribution in [1.82, 2.24) is 4.98 Å². The van der Waals surface area contributed by atoms with Crippen molar-refractivity contribution in [3.8, 4) is 0 Å². The van der Waals surface area contributed by atoms with Gasteiger partial charge in [0.05, 0.1) is 4.88 Å². The monoisotopic (exact) mass is 285 g/mol. The first-order valence-electron chi connectivity index (χ1n) is 3.18. The van der Waals surface area contributed by atoms with Crippen LogP contribution >= 0.6 is 50.5 Å². The third-order valence-electron chi connectivity index (χ3n) is 1.17. The summed E-state index contributed by atoms with van der Waals surface area (Å²) >= 11 is 16.2. The predicted octanol–water partition coefficient (Wildman–Crippen LogP) is 4.25. The maximum absolute atomic E-state index is 5.80. The molecule has 0 atom stereocenters. The van der Waals surface area contributed by atoms with Gasteiger partial charge in [-0.2, -0.15) is 0 Å². The van der Waals surface area contributed by atoms with Crippen molar-refractivity contribution in [2.45, 2.75) is 6.92 Å². The molecule has 0 fully saturated rings. The molecule has 1 rings (SSSR count). The van der Waals surface area contributed by atoms with Crippen LogP contribution in [0.15, 0.2) is 5.57 Å². The average Bonchev–Trinajstić information content (AvgIpc) is 2.30. The largest absolute Gasteiger partial charge is 0.212 e. The molecule has 0 aliphatic heterocycles. The minimum atomic E-state index is 0.477. The summed E-state index contributed by atoms with van der Waals surface area (Å²) in [5.74, 6) is 0. The number of thiazole rings is 1. The summed E-state index contributed by atoms with van der Waals surface area (Å²) in [6.45, 7) is 2.01. The smallest absolute Gasteiger partial charge is 0.185 e. The second-order valence-electron chi connectivity index (χ2n) is 2.25. The number of alkyl halides is 1. The first kappa shape index (κ1) is 10.5. The standard InChI is InChI=1S/C7H6BrCl2NS/c1-4(3-8)2-5-6(9)11-7(10)12-5/h2H,3H2,1H3. The molecule has 0 unspecified atom stereocenters. The maximum atomic E-state index is 5.80. The number of halogens is 3. The molecule has 5 heteroatoms. The lowest BCUT2D eigenvalue weighted by molar-refractivity contribution is 1.41. The third-order valence-corrected chi connectivity index (χ3v) is 3.56. The van der Waals surface area contributed by atoms with Gasteiger partial charge in [-0.3, -0.25) is 0 Å². The van der Waals surface area contributed by atoms with Crippen molar-refractivity contribution in [2.24, 2.45) is 0 Å². The summed E-state index contributed by atoms with van der Waals surface area (Å²) in [6, 6.07) is 0. The summed E-state index contributed by atoms with van der Waals surface area (Å²) in [5, 5.41) is 1.31. The molecular weight excluding hydrogens is 281 g/mol. The predicted molar refractivity (Wildman–Crippen MR) is 59.6 cm³/mol. The van der Waals surface area contributed by atoms with E-state index in [9.17, 15) is 0 Å². The molecule has 12 heavy (non-hydrogen) atoms. The lowest BCUT2D eigenvalue weighted by atomic mass is 10.3. The second-order valence-corrected chi connectivity index (χ2v) is 4.78. The fourth-order valence-corrected chi connectivity index (χ4v) is 2.19. The second kappa shape index (κ2) is 4.61. The van der Waals surface area contributed by atoms with E-state index in [0.717, 1.165) is 10.2 Å². The molecule has 0 N–H and O–H groups in total. The van der Waals surface area contributed by atoms with Gasteiger partial charge in [-0.25, -0.2) is 4.98 Å². The normalized spacial score (nSPS) is 12.2. The molecule has 0 saturated carbocycles. The van der Waals surface area contributed by atoms with Gasteiger partial charge in [0.15, 0.2) is 4.47 Å². The zero-order valence-electron chi connectivity index (χ0n) is 6.27. The van der Waals surface area contributed by atoms with Gasteiger partial charge in [0.25, 0.3) is 0 Å². The Balaban J connectivity index is 2.95. The summed E-state index contributed by atoms with van der Waals surface area (Å²) < 4.78 is 0.480. The van der Waals surface area contributed by atoms with Crippen LogP contribution in [-0.4, -0.2) is 10.3 Å². The summed E-state index contributed by atoms with van der Waals surface area (Å²) in [7, 11) is 0. The Bertz CT molecular complexity index is 308. The van der Waals surface area contributed by atoms with E-state index < -0.39 is 0 Å². The molecule has 0 saturated heterocycles.